The average Bonchev–Trinajstić information content (AvgIpc) is 2.67. The Hall–Kier alpha value is -1.01. The second kappa shape index (κ2) is 3.86. The van der Waals surface area contributed by atoms with E-state index in [2.05, 4.69) is 10.9 Å². The molecule has 82 valence electrons. The molecule has 0 amide bonds. The summed E-state index contributed by atoms with van der Waals surface area (Å²) in [5.74, 6) is -1.39. The highest BCUT2D eigenvalue weighted by Gasteiger charge is 2.40. The molecule has 2 nitrogen and oxygen atoms in total. The van der Waals surface area contributed by atoms with E-state index in [4.69, 9.17) is 0 Å². The molecule has 1 aliphatic rings. The molecule has 0 aromatic heterocycles. The van der Waals surface area contributed by atoms with Crippen LogP contribution in [0, 0.1) is 0 Å². The Labute approximate surface area is 85.9 Å². The fraction of sp³-hybridized carbons (Fsp3) is 0.333. The number of rotatable bonds is 2. The number of halogens is 3. The van der Waals surface area contributed by atoms with Gasteiger partial charge in [-0.15, -0.1) is 0 Å². The quantitative estimate of drug-likeness (QED) is 0.737. The second-order valence-electron chi connectivity index (χ2n) is 3.72. The Morgan fingerprint density at radius 2 is 1.73 bits per heavy atom. The Bertz CT molecular complexity index is 328. The summed E-state index contributed by atoms with van der Waals surface area (Å²) >= 11 is 0. The first-order valence-electron chi connectivity index (χ1n) is 4.83. The largest absolute Gasteiger partial charge is 0.496 e. The number of hydrogen-bond acceptors (Lipinski definition) is 2. The van der Waals surface area contributed by atoms with E-state index < -0.39 is 12.9 Å². The van der Waals surface area contributed by atoms with Gasteiger partial charge in [-0.25, -0.2) is 0 Å². The van der Waals surface area contributed by atoms with E-state index in [1.807, 2.05) is 30.3 Å². The van der Waals surface area contributed by atoms with E-state index in [0.29, 0.717) is 0 Å². The van der Waals surface area contributed by atoms with Crippen LogP contribution in [-0.2, 0) is 0 Å². The fourth-order valence-electron chi connectivity index (χ4n) is 1.73. The van der Waals surface area contributed by atoms with Crippen molar-refractivity contribution in [2.75, 3.05) is 0 Å². The predicted octanol–water partition coefficient (Wildman–Crippen LogP) is 1.98. The molecular weight excluding hydrogens is 204 g/mol. The third-order valence-corrected chi connectivity index (χ3v) is 2.59. The molecule has 2 unspecified atom stereocenters. The van der Waals surface area contributed by atoms with Crippen molar-refractivity contribution in [3.05, 3.63) is 35.9 Å². The van der Waals surface area contributed by atoms with Crippen LogP contribution in [0.5, 0.6) is 0 Å². The molecule has 1 aromatic carbocycles. The van der Waals surface area contributed by atoms with E-state index in [0.717, 1.165) is 5.56 Å². The van der Waals surface area contributed by atoms with Gasteiger partial charge in [-0.05, 0) is 17.9 Å². The molecule has 1 heterocycles. The molecule has 0 saturated carbocycles. The Morgan fingerprint density at radius 1 is 1.07 bits per heavy atom. The summed E-state index contributed by atoms with van der Waals surface area (Å²) in [4.78, 5) is 0. The summed E-state index contributed by atoms with van der Waals surface area (Å²) in [6.45, 7) is -4.81. The van der Waals surface area contributed by atoms with Crippen molar-refractivity contribution in [3.63, 3.8) is 0 Å². The van der Waals surface area contributed by atoms with Crippen LogP contribution in [0.2, 0.25) is 0 Å². The fourth-order valence-corrected chi connectivity index (χ4v) is 1.73. The first-order chi connectivity index (χ1) is 7.07. The first-order valence-corrected chi connectivity index (χ1v) is 4.83. The molecule has 2 rings (SSSR count). The van der Waals surface area contributed by atoms with Crippen molar-refractivity contribution in [1.29, 1.82) is 0 Å². The lowest BCUT2D eigenvalue weighted by Crippen LogP contribution is -2.45. The van der Waals surface area contributed by atoms with Crippen molar-refractivity contribution >= 4 is 6.98 Å². The lowest BCUT2D eigenvalue weighted by Gasteiger charge is -2.20. The van der Waals surface area contributed by atoms with Crippen LogP contribution in [0.25, 0.3) is 0 Å². The first kappa shape index (κ1) is 10.5. The topological polar surface area (TPSA) is 24.1 Å². The van der Waals surface area contributed by atoms with Crippen LogP contribution in [-0.4, -0.2) is 12.9 Å². The highest BCUT2D eigenvalue weighted by atomic mass is 19.4. The minimum atomic E-state index is -4.81. The van der Waals surface area contributed by atoms with Gasteiger partial charge in [0.1, 0.15) is 0 Å². The SMILES string of the molecule is F[B-](F)(F)C1CC(c2ccccc2)NN1. The molecule has 0 aliphatic carbocycles. The number of hydrazine groups is 1. The molecule has 2 N–H and O–H groups in total. The number of nitrogens with one attached hydrogen (secondary N) is 2. The van der Waals surface area contributed by atoms with Crippen molar-refractivity contribution < 1.29 is 12.9 Å². The van der Waals surface area contributed by atoms with Gasteiger partial charge in [0.25, 0.3) is 0 Å². The van der Waals surface area contributed by atoms with Crippen molar-refractivity contribution in [1.82, 2.24) is 10.9 Å². The standard InChI is InChI=1S/C9H11BF3N2/c11-10(12,13)9-6-8(14-15-9)7-4-2-1-3-5-7/h1-5,8-9,14-15H,6H2/q-1. The molecule has 0 radical (unpaired) electrons. The minimum Gasteiger partial charge on any atom is -0.448 e. The summed E-state index contributed by atoms with van der Waals surface area (Å²) in [6, 6.07) is 8.89. The molecule has 1 fully saturated rings. The smallest absolute Gasteiger partial charge is 0.448 e. The zero-order chi connectivity index (χ0) is 10.9. The molecule has 0 bridgehead atoms. The van der Waals surface area contributed by atoms with Gasteiger partial charge in [0, 0.05) is 6.04 Å². The van der Waals surface area contributed by atoms with Crippen molar-refractivity contribution in [3.8, 4) is 0 Å². The third kappa shape index (κ3) is 2.32. The van der Waals surface area contributed by atoms with Gasteiger partial charge in [-0.3, -0.25) is 10.9 Å². The zero-order valence-electron chi connectivity index (χ0n) is 7.96. The Morgan fingerprint density at radius 3 is 2.27 bits per heavy atom. The van der Waals surface area contributed by atoms with Gasteiger partial charge in [0.15, 0.2) is 0 Å². The van der Waals surface area contributed by atoms with Gasteiger partial charge < -0.3 is 12.9 Å². The lowest BCUT2D eigenvalue weighted by molar-refractivity contribution is 0.417. The highest BCUT2D eigenvalue weighted by molar-refractivity contribution is 6.60. The summed E-state index contributed by atoms with van der Waals surface area (Å²) in [5, 5.41) is 0. The molecular formula is C9H11BF3N2-. The van der Waals surface area contributed by atoms with Gasteiger partial charge in [0.05, 0.1) is 0 Å². The number of hydrogen-bond donors (Lipinski definition) is 2. The van der Waals surface area contributed by atoms with Crippen LogP contribution in [0.1, 0.15) is 18.0 Å². The van der Waals surface area contributed by atoms with Crippen LogP contribution < -0.4 is 10.9 Å². The molecule has 1 aromatic rings. The van der Waals surface area contributed by atoms with Gasteiger partial charge in [-0.1, -0.05) is 30.3 Å². The molecule has 1 saturated heterocycles. The van der Waals surface area contributed by atoms with Crippen LogP contribution >= 0.6 is 0 Å². The summed E-state index contributed by atoms with van der Waals surface area (Å²) in [7, 11) is 0. The van der Waals surface area contributed by atoms with Gasteiger partial charge in [-0.2, -0.15) is 0 Å². The maximum atomic E-state index is 12.4. The lowest BCUT2D eigenvalue weighted by atomic mass is 9.77. The molecule has 6 heteroatoms. The summed E-state index contributed by atoms with van der Waals surface area (Å²) < 4.78 is 37.2. The molecule has 0 spiro atoms. The zero-order valence-corrected chi connectivity index (χ0v) is 7.96. The maximum absolute atomic E-state index is 12.4. The van der Waals surface area contributed by atoms with E-state index >= 15 is 0 Å². The van der Waals surface area contributed by atoms with Crippen LogP contribution in [0.4, 0.5) is 12.9 Å². The molecule has 1 aliphatic heterocycles. The van der Waals surface area contributed by atoms with Gasteiger partial charge in [0.2, 0.25) is 0 Å². The highest BCUT2D eigenvalue weighted by Crippen LogP contribution is 2.28. The van der Waals surface area contributed by atoms with E-state index in [9.17, 15) is 12.9 Å². The summed E-state index contributed by atoms with van der Waals surface area (Å²) in [6.07, 6.45) is 0.0630. The summed E-state index contributed by atoms with van der Waals surface area (Å²) in [5.41, 5.74) is 5.86. The van der Waals surface area contributed by atoms with Crippen LogP contribution in [0.3, 0.4) is 0 Å². The monoisotopic (exact) mass is 215 g/mol. The van der Waals surface area contributed by atoms with E-state index in [-0.39, 0.29) is 12.5 Å². The number of benzene rings is 1. The molecule has 2 atom stereocenters. The average molecular weight is 215 g/mol. The van der Waals surface area contributed by atoms with E-state index in [1.54, 1.807) is 0 Å². The molecule has 15 heavy (non-hydrogen) atoms. The Balaban J connectivity index is 2.05. The van der Waals surface area contributed by atoms with Crippen LogP contribution in [0.15, 0.2) is 30.3 Å². The normalized spacial score (nSPS) is 26.9. The van der Waals surface area contributed by atoms with E-state index in [1.165, 1.54) is 0 Å². The van der Waals surface area contributed by atoms with Crippen molar-refractivity contribution in [2.24, 2.45) is 0 Å². The second-order valence-corrected chi connectivity index (χ2v) is 3.72. The predicted molar refractivity (Wildman–Crippen MR) is 52.9 cm³/mol. The Kier molecular flexibility index (Phi) is 2.71. The maximum Gasteiger partial charge on any atom is 0.496 e. The van der Waals surface area contributed by atoms with Gasteiger partial charge >= 0.3 is 6.98 Å². The van der Waals surface area contributed by atoms with Crippen molar-refractivity contribution in [2.45, 2.75) is 18.4 Å². The third-order valence-electron chi connectivity index (χ3n) is 2.59. The minimum absolute atomic E-state index is 0.0630.